The molecule has 0 atom stereocenters. The molecule has 0 amide bonds. The van der Waals surface area contributed by atoms with Crippen molar-refractivity contribution in [3.05, 3.63) is 29.1 Å². The minimum atomic E-state index is -2.64. The maximum atomic E-state index is 12.5. The molecule has 0 fully saturated rings. The fraction of sp³-hybridized carbons (Fsp3) is 0.400. The maximum absolute atomic E-state index is 12.5. The van der Waals surface area contributed by atoms with Gasteiger partial charge in [-0.3, -0.25) is 0 Å². The summed E-state index contributed by atoms with van der Waals surface area (Å²) in [5.74, 6) is 0.132. The van der Waals surface area contributed by atoms with E-state index in [1.807, 2.05) is 13.8 Å². The third-order valence-corrected chi connectivity index (χ3v) is 1.95. The first-order valence-electron chi connectivity index (χ1n) is 4.24. The fourth-order valence-electron chi connectivity index (χ4n) is 1.07. The van der Waals surface area contributed by atoms with Crippen LogP contribution in [0.1, 0.15) is 43.0 Å². The van der Waals surface area contributed by atoms with Crippen LogP contribution in [-0.4, -0.2) is 4.98 Å². The van der Waals surface area contributed by atoms with E-state index in [2.05, 4.69) is 4.98 Å². The largest absolute Gasteiger partial charge is 0.266 e. The summed E-state index contributed by atoms with van der Waals surface area (Å²) in [6, 6.07) is 3.00. The molecule has 1 rings (SSSR count). The van der Waals surface area contributed by atoms with E-state index in [0.717, 1.165) is 5.56 Å². The standard InChI is InChI=1S/C10H10F2N2/c1-6(2)7-3-8(10(11)12)9(4-13)14-5-7/h3,5-6,10H,1-2H3. The first-order valence-corrected chi connectivity index (χ1v) is 4.24. The Hall–Kier alpha value is -1.50. The van der Waals surface area contributed by atoms with Crippen LogP contribution < -0.4 is 0 Å². The van der Waals surface area contributed by atoms with Gasteiger partial charge in [-0.2, -0.15) is 5.26 Å². The topological polar surface area (TPSA) is 36.7 Å². The lowest BCUT2D eigenvalue weighted by Crippen LogP contribution is -1.98. The van der Waals surface area contributed by atoms with Gasteiger partial charge in [0.2, 0.25) is 0 Å². The Morgan fingerprint density at radius 3 is 2.50 bits per heavy atom. The van der Waals surface area contributed by atoms with Gasteiger partial charge >= 0.3 is 0 Å². The number of hydrogen-bond donors (Lipinski definition) is 0. The highest BCUT2D eigenvalue weighted by Gasteiger charge is 2.15. The summed E-state index contributed by atoms with van der Waals surface area (Å²) in [5, 5.41) is 8.55. The first-order chi connectivity index (χ1) is 6.56. The molecule has 0 N–H and O–H groups in total. The molecule has 14 heavy (non-hydrogen) atoms. The van der Waals surface area contributed by atoms with E-state index in [9.17, 15) is 8.78 Å². The molecule has 0 spiro atoms. The summed E-state index contributed by atoms with van der Waals surface area (Å²) in [4.78, 5) is 3.70. The van der Waals surface area contributed by atoms with Crippen molar-refractivity contribution in [2.45, 2.75) is 26.2 Å². The highest BCUT2D eigenvalue weighted by atomic mass is 19.3. The van der Waals surface area contributed by atoms with Gasteiger partial charge in [-0.05, 0) is 17.5 Å². The third kappa shape index (κ3) is 2.05. The lowest BCUT2D eigenvalue weighted by Gasteiger charge is -2.08. The van der Waals surface area contributed by atoms with Gasteiger partial charge in [-0.25, -0.2) is 13.8 Å². The van der Waals surface area contributed by atoms with Crippen LogP contribution in [-0.2, 0) is 0 Å². The summed E-state index contributed by atoms with van der Waals surface area (Å²) in [5.41, 5.74) is 0.252. The van der Waals surface area contributed by atoms with E-state index >= 15 is 0 Å². The van der Waals surface area contributed by atoms with Crippen molar-refractivity contribution >= 4 is 0 Å². The number of rotatable bonds is 2. The molecule has 0 radical (unpaired) electrons. The van der Waals surface area contributed by atoms with E-state index in [4.69, 9.17) is 5.26 Å². The lowest BCUT2D eigenvalue weighted by molar-refractivity contribution is 0.150. The molecule has 0 unspecified atom stereocenters. The van der Waals surface area contributed by atoms with Crippen LogP contribution in [0.25, 0.3) is 0 Å². The predicted octanol–water partition coefficient (Wildman–Crippen LogP) is 3.01. The van der Waals surface area contributed by atoms with Crippen molar-refractivity contribution in [3.63, 3.8) is 0 Å². The van der Waals surface area contributed by atoms with Crippen LogP contribution in [0.5, 0.6) is 0 Å². The van der Waals surface area contributed by atoms with Crippen molar-refractivity contribution in [2.24, 2.45) is 0 Å². The van der Waals surface area contributed by atoms with Crippen LogP contribution in [0, 0.1) is 11.3 Å². The number of pyridine rings is 1. The fourth-order valence-corrected chi connectivity index (χ4v) is 1.07. The van der Waals surface area contributed by atoms with Crippen LogP contribution >= 0.6 is 0 Å². The Morgan fingerprint density at radius 2 is 2.07 bits per heavy atom. The molecule has 0 bridgehead atoms. The maximum Gasteiger partial charge on any atom is 0.266 e. The molecule has 0 saturated carbocycles. The second-order valence-corrected chi connectivity index (χ2v) is 3.27. The van der Waals surface area contributed by atoms with Crippen molar-refractivity contribution in [3.8, 4) is 6.07 Å². The molecular formula is C10H10F2N2. The smallest absolute Gasteiger partial charge is 0.245 e. The summed E-state index contributed by atoms with van der Waals surface area (Å²) < 4.78 is 24.9. The van der Waals surface area contributed by atoms with E-state index < -0.39 is 6.43 Å². The molecule has 0 aromatic carbocycles. The summed E-state index contributed by atoms with van der Waals surface area (Å²) in [6.45, 7) is 3.77. The Balaban J connectivity index is 3.23. The quantitative estimate of drug-likeness (QED) is 0.729. The minimum absolute atomic E-state index is 0.132. The molecule has 0 aliphatic heterocycles. The summed E-state index contributed by atoms with van der Waals surface area (Å²) >= 11 is 0. The van der Waals surface area contributed by atoms with Crippen LogP contribution in [0.4, 0.5) is 8.78 Å². The number of halogens is 2. The number of nitriles is 1. The molecule has 0 aliphatic rings. The molecule has 74 valence electrons. The highest BCUT2D eigenvalue weighted by Crippen LogP contribution is 2.24. The second-order valence-electron chi connectivity index (χ2n) is 3.27. The van der Waals surface area contributed by atoms with Crippen LogP contribution in [0.3, 0.4) is 0 Å². The van der Waals surface area contributed by atoms with Gasteiger partial charge in [-0.15, -0.1) is 0 Å². The van der Waals surface area contributed by atoms with E-state index in [0.29, 0.717) is 0 Å². The Kier molecular flexibility index (Phi) is 3.13. The molecular weight excluding hydrogens is 186 g/mol. The molecule has 1 aromatic heterocycles. The molecule has 4 heteroatoms. The zero-order valence-corrected chi connectivity index (χ0v) is 7.96. The van der Waals surface area contributed by atoms with Gasteiger partial charge in [0.05, 0.1) is 5.56 Å². The van der Waals surface area contributed by atoms with E-state index in [-0.39, 0.29) is 17.2 Å². The normalized spacial score (nSPS) is 10.6. The highest BCUT2D eigenvalue weighted by molar-refractivity contribution is 5.35. The number of nitrogens with zero attached hydrogens (tertiary/aromatic N) is 2. The second kappa shape index (κ2) is 4.14. The minimum Gasteiger partial charge on any atom is -0.245 e. The van der Waals surface area contributed by atoms with Gasteiger partial charge in [-0.1, -0.05) is 13.8 Å². The van der Waals surface area contributed by atoms with Crippen molar-refractivity contribution in [2.75, 3.05) is 0 Å². The molecule has 0 saturated heterocycles. The summed E-state index contributed by atoms with van der Waals surface area (Å²) in [7, 11) is 0. The third-order valence-electron chi connectivity index (χ3n) is 1.95. The Morgan fingerprint density at radius 1 is 1.43 bits per heavy atom. The monoisotopic (exact) mass is 196 g/mol. The zero-order chi connectivity index (χ0) is 10.7. The average molecular weight is 196 g/mol. The number of aromatic nitrogens is 1. The Labute approximate surface area is 81.2 Å². The van der Waals surface area contributed by atoms with Gasteiger partial charge < -0.3 is 0 Å². The van der Waals surface area contributed by atoms with E-state index in [1.54, 1.807) is 6.07 Å². The summed E-state index contributed by atoms with van der Waals surface area (Å²) in [6.07, 6.45) is -1.18. The van der Waals surface area contributed by atoms with Crippen molar-refractivity contribution in [1.82, 2.24) is 4.98 Å². The van der Waals surface area contributed by atoms with Gasteiger partial charge in [0, 0.05) is 6.20 Å². The molecule has 1 heterocycles. The van der Waals surface area contributed by atoms with Gasteiger partial charge in [0.25, 0.3) is 6.43 Å². The number of alkyl halides is 2. The predicted molar refractivity (Wildman–Crippen MR) is 48.0 cm³/mol. The van der Waals surface area contributed by atoms with Crippen LogP contribution in [0.2, 0.25) is 0 Å². The van der Waals surface area contributed by atoms with Crippen molar-refractivity contribution < 1.29 is 8.78 Å². The van der Waals surface area contributed by atoms with E-state index in [1.165, 1.54) is 12.3 Å². The van der Waals surface area contributed by atoms with Gasteiger partial charge in [0.1, 0.15) is 11.8 Å². The van der Waals surface area contributed by atoms with Gasteiger partial charge in [0.15, 0.2) is 0 Å². The molecule has 2 nitrogen and oxygen atoms in total. The lowest BCUT2D eigenvalue weighted by atomic mass is 10.0. The first kappa shape index (κ1) is 10.6. The Bertz CT molecular complexity index is 367. The molecule has 0 aliphatic carbocycles. The molecule has 1 aromatic rings. The van der Waals surface area contributed by atoms with Crippen molar-refractivity contribution in [1.29, 1.82) is 5.26 Å². The number of hydrogen-bond acceptors (Lipinski definition) is 2. The SMILES string of the molecule is CC(C)c1cnc(C#N)c(C(F)F)c1. The van der Waals surface area contributed by atoms with Crippen LogP contribution in [0.15, 0.2) is 12.3 Å². The average Bonchev–Trinajstić information content (AvgIpc) is 2.16. The zero-order valence-electron chi connectivity index (χ0n) is 7.96.